The smallest absolute Gasteiger partial charge is 0.386 e. The van der Waals surface area contributed by atoms with Crippen LogP contribution in [0.3, 0.4) is 0 Å². The highest BCUT2D eigenvalue weighted by Gasteiger charge is 2.62. The molecule has 3 aliphatic rings. The summed E-state index contributed by atoms with van der Waals surface area (Å²) in [6, 6.07) is 6.18. The Kier molecular flexibility index (Phi) is 7.52. The molecule has 55 heavy (non-hydrogen) atoms. The average molecular weight is 784 g/mol. The van der Waals surface area contributed by atoms with Crippen LogP contribution in [0.2, 0.25) is 0 Å². The molecule has 20 heteroatoms. The van der Waals surface area contributed by atoms with Gasteiger partial charge in [-0.25, -0.2) is 28.1 Å². The molecule has 2 aliphatic carbocycles. The second kappa shape index (κ2) is 11.8. The fourth-order valence-corrected chi connectivity index (χ4v) is 8.36. The van der Waals surface area contributed by atoms with E-state index in [1.807, 2.05) is 4.90 Å². The molecule has 6 heterocycles. The van der Waals surface area contributed by atoms with Crippen LogP contribution in [0.25, 0.3) is 27.1 Å². The highest BCUT2D eigenvalue weighted by atomic mass is 32.1. The van der Waals surface area contributed by atoms with Gasteiger partial charge in [-0.1, -0.05) is 23.2 Å². The Morgan fingerprint density at radius 2 is 1.87 bits per heavy atom. The average Bonchev–Trinajstić information content (AvgIpc) is 3.78. The van der Waals surface area contributed by atoms with Crippen LogP contribution in [0.5, 0.6) is 0 Å². The Balaban J connectivity index is 1.16. The van der Waals surface area contributed by atoms with Crippen molar-refractivity contribution in [3.8, 4) is 23.0 Å². The maximum Gasteiger partial charge on any atom is 0.435 e. The molecule has 3 atom stereocenters. The van der Waals surface area contributed by atoms with Gasteiger partial charge in [0.05, 0.1) is 41.0 Å². The molecule has 1 fully saturated rings. The summed E-state index contributed by atoms with van der Waals surface area (Å²) in [7, 11) is 0. The largest absolute Gasteiger partial charge is 0.435 e. The van der Waals surface area contributed by atoms with E-state index < -0.39 is 82.3 Å². The Morgan fingerprint density at radius 1 is 1.13 bits per heavy atom. The summed E-state index contributed by atoms with van der Waals surface area (Å²) in [4.78, 5) is 37.6. The first kappa shape index (κ1) is 34.9. The van der Waals surface area contributed by atoms with Crippen molar-refractivity contribution in [2.75, 3.05) is 18.0 Å². The number of anilines is 1. The third kappa shape index (κ3) is 5.80. The molecule has 1 saturated heterocycles. The number of β-amino-alcohol motifs (C(OH)–C–C–N with tert-alkyl or cyclic N) is 1. The highest BCUT2D eigenvalue weighted by Crippen LogP contribution is 2.58. The molecule has 9 rings (SSSR count). The van der Waals surface area contributed by atoms with Gasteiger partial charge in [-0.3, -0.25) is 9.48 Å². The van der Waals surface area contributed by atoms with Crippen LogP contribution in [0, 0.1) is 29.4 Å². The van der Waals surface area contributed by atoms with E-state index in [1.54, 1.807) is 19.1 Å². The van der Waals surface area contributed by atoms with E-state index in [0.29, 0.717) is 31.7 Å². The van der Waals surface area contributed by atoms with Crippen LogP contribution >= 0.6 is 11.3 Å². The number of amides is 1. The van der Waals surface area contributed by atoms with Gasteiger partial charge in [-0.05, 0) is 49.2 Å². The Morgan fingerprint density at radius 3 is 2.55 bits per heavy atom. The van der Waals surface area contributed by atoms with Crippen molar-refractivity contribution >= 4 is 38.4 Å². The minimum Gasteiger partial charge on any atom is -0.386 e. The number of halogens is 7. The van der Waals surface area contributed by atoms with E-state index in [2.05, 4.69) is 37.4 Å². The SMILES string of the molecule is CC1(O)CN(c2nc3nc([C@H](Cc4cc(F)cc(F)c4)NC(=O)Cn4nc(C(F)(F)F)c5c4C(F)(F)[C@@H]4C#C[C@H]54)c(-c4ccc5n[nH]c(=O)n5c4)cc3s2)C1. The number of benzene rings is 1. The number of nitrogens with one attached hydrogen (secondary N) is 2. The maximum absolute atomic E-state index is 15.5. The molecule has 0 spiro atoms. The van der Waals surface area contributed by atoms with Gasteiger partial charge >= 0.3 is 17.8 Å². The number of thiazole rings is 1. The van der Waals surface area contributed by atoms with Crippen LogP contribution in [0.15, 0.2) is 47.4 Å². The van der Waals surface area contributed by atoms with Crippen molar-refractivity contribution in [3.63, 3.8) is 0 Å². The zero-order valence-electron chi connectivity index (χ0n) is 28.1. The van der Waals surface area contributed by atoms with Gasteiger partial charge in [-0.15, -0.1) is 0 Å². The number of pyridine rings is 2. The molecule has 0 radical (unpaired) electrons. The van der Waals surface area contributed by atoms with E-state index in [-0.39, 0.29) is 42.1 Å². The van der Waals surface area contributed by atoms with Gasteiger partial charge in [0.25, 0.3) is 0 Å². The lowest BCUT2D eigenvalue weighted by molar-refractivity contribution is -0.142. The summed E-state index contributed by atoms with van der Waals surface area (Å²) in [5.41, 5.74) is -3.67. The summed E-state index contributed by atoms with van der Waals surface area (Å²) in [6.07, 6.45) is -4.01. The molecule has 1 amide bonds. The number of aromatic nitrogens is 7. The zero-order valence-corrected chi connectivity index (χ0v) is 28.9. The second-order valence-corrected chi connectivity index (χ2v) is 15.0. The fraction of sp³-hybridized carbons (Fsp3) is 0.314. The minimum atomic E-state index is -5.12. The molecule has 0 saturated carbocycles. The van der Waals surface area contributed by atoms with Gasteiger partial charge in [0.1, 0.15) is 29.8 Å². The molecule has 6 aromatic rings. The highest BCUT2D eigenvalue weighted by molar-refractivity contribution is 7.22. The lowest BCUT2D eigenvalue weighted by Gasteiger charge is -2.43. The van der Waals surface area contributed by atoms with Crippen LogP contribution < -0.4 is 15.9 Å². The van der Waals surface area contributed by atoms with Gasteiger partial charge in [0, 0.05) is 29.0 Å². The molecule has 0 unspecified atom stereocenters. The van der Waals surface area contributed by atoms with Crippen molar-refractivity contribution in [2.24, 2.45) is 5.92 Å². The normalized spacial score (nSPS) is 19.7. The van der Waals surface area contributed by atoms with E-state index in [9.17, 15) is 36.6 Å². The van der Waals surface area contributed by atoms with Crippen LogP contribution in [-0.2, 0) is 29.9 Å². The van der Waals surface area contributed by atoms with Crippen molar-refractivity contribution in [2.45, 2.75) is 49.5 Å². The number of H-pyrrole nitrogens is 1. The number of carbonyl (C=O) groups excluding carboxylic acids is 1. The lowest BCUT2D eigenvalue weighted by atomic mass is 9.84. The molecular weight excluding hydrogens is 759 g/mol. The first-order valence-corrected chi connectivity index (χ1v) is 17.4. The van der Waals surface area contributed by atoms with Crippen molar-refractivity contribution < 1.29 is 40.6 Å². The number of fused-ring (bicyclic) bond motifs is 5. The molecule has 0 bridgehead atoms. The Labute approximate surface area is 307 Å². The number of aliphatic hydroxyl groups is 1. The van der Waals surface area contributed by atoms with E-state index in [1.165, 1.54) is 28.0 Å². The van der Waals surface area contributed by atoms with Crippen molar-refractivity contribution in [3.05, 3.63) is 92.9 Å². The Hall–Kier alpha value is -5.81. The molecule has 282 valence electrons. The van der Waals surface area contributed by atoms with Crippen LogP contribution in [0.4, 0.5) is 35.9 Å². The van der Waals surface area contributed by atoms with Crippen molar-refractivity contribution in [1.29, 1.82) is 0 Å². The summed E-state index contributed by atoms with van der Waals surface area (Å²) in [5.74, 6) is -5.31. The number of aromatic amines is 1. The number of carbonyl (C=O) groups is 1. The first-order valence-electron chi connectivity index (χ1n) is 16.6. The lowest BCUT2D eigenvalue weighted by Crippen LogP contribution is -2.60. The minimum absolute atomic E-state index is 0.0403. The van der Waals surface area contributed by atoms with Crippen LogP contribution in [0.1, 0.15) is 47.1 Å². The maximum atomic E-state index is 15.5. The second-order valence-electron chi connectivity index (χ2n) is 14.0. The molecule has 1 aliphatic heterocycles. The predicted molar refractivity (Wildman–Crippen MR) is 181 cm³/mol. The third-order valence-corrected chi connectivity index (χ3v) is 10.8. The molecular formula is C35H24F7N9O3S. The fourth-order valence-electron chi connectivity index (χ4n) is 7.41. The summed E-state index contributed by atoms with van der Waals surface area (Å²) in [6.45, 7) is 1.15. The summed E-state index contributed by atoms with van der Waals surface area (Å²) >= 11 is 1.25. The monoisotopic (exact) mass is 783 g/mol. The standard InChI is InChI=1S/C35H24F7N9O3S/c1-33(54)13-49(14-33)32-45-30-23(55-32)10-20(16-2-5-24-46-47-31(53)50(24)11-16)27(44-30)22(8-15-6-17(36)9-18(37)7-15)43-25(52)12-51-29-26(28(48-51)35(40,41)42)19-3-4-21(19)34(29,38)39/h2,5-7,9-11,19,21-22,54H,8,12-14H2,1H3,(H,43,52)(H,47,53)/t19-,21+,22-/m0/s1. The summed E-state index contributed by atoms with van der Waals surface area (Å²) < 4.78 is 104. The number of rotatable bonds is 8. The third-order valence-electron chi connectivity index (χ3n) is 9.78. The zero-order chi connectivity index (χ0) is 38.8. The molecule has 3 N–H and O–H groups in total. The summed E-state index contributed by atoms with van der Waals surface area (Å²) in [5, 5.41) is 23.2. The number of hydrogen-bond acceptors (Lipinski definition) is 9. The quantitative estimate of drug-likeness (QED) is 0.149. The number of nitrogens with zero attached hydrogens (tertiary/aromatic N) is 7. The van der Waals surface area contributed by atoms with Gasteiger partial charge < -0.3 is 15.3 Å². The first-order chi connectivity index (χ1) is 25.9. The molecule has 5 aromatic heterocycles. The van der Waals surface area contributed by atoms with E-state index in [4.69, 9.17) is 4.98 Å². The number of alkyl halides is 5. The van der Waals surface area contributed by atoms with Crippen molar-refractivity contribution in [1.82, 2.24) is 39.7 Å². The molecule has 12 nitrogen and oxygen atoms in total. The predicted octanol–water partition coefficient (Wildman–Crippen LogP) is 4.68. The molecule has 1 aromatic carbocycles. The van der Waals surface area contributed by atoms with Gasteiger partial charge in [0.2, 0.25) is 5.91 Å². The number of hydrogen-bond donors (Lipinski definition) is 3. The van der Waals surface area contributed by atoms with Crippen LogP contribution in [-0.4, -0.2) is 64.1 Å². The van der Waals surface area contributed by atoms with Gasteiger partial charge in [0.15, 0.2) is 22.1 Å². The van der Waals surface area contributed by atoms with E-state index in [0.717, 1.165) is 12.1 Å². The van der Waals surface area contributed by atoms with E-state index >= 15 is 8.78 Å². The van der Waals surface area contributed by atoms with Gasteiger partial charge in [-0.2, -0.15) is 37.1 Å². The topological polar surface area (TPSA) is 146 Å². The Bertz CT molecular complexity index is 2700.